The topological polar surface area (TPSA) is 63.6 Å². The van der Waals surface area contributed by atoms with Crippen LogP contribution in [0.3, 0.4) is 0 Å². The number of fused-ring (bicyclic) bond motifs is 1. The Balaban J connectivity index is 2.13. The van der Waals surface area contributed by atoms with Crippen LogP contribution in [0.15, 0.2) is 52.6 Å². The van der Waals surface area contributed by atoms with Crippen molar-refractivity contribution in [2.75, 3.05) is 0 Å². The van der Waals surface area contributed by atoms with Crippen LogP contribution in [0.2, 0.25) is 5.15 Å². The minimum Gasteiger partial charge on any atom is -0.383 e. The third kappa shape index (κ3) is 1.76. The Morgan fingerprint density at radius 2 is 1.83 bits per heavy atom. The smallest absolute Gasteiger partial charge is 0.162 e. The summed E-state index contributed by atoms with van der Waals surface area (Å²) in [5.74, 6) is 1.04. The number of aliphatic imine (C=N–C) groups is 2. The second-order valence-electron chi connectivity index (χ2n) is 3.79. The maximum Gasteiger partial charge on any atom is 0.162 e. The summed E-state index contributed by atoms with van der Waals surface area (Å²) in [4.78, 5) is 12.6. The van der Waals surface area contributed by atoms with Crippen LogP contribution in [0.5, 0.6) is 0 Å². The molecule has 0 atom stereocenters. The molecule has 0 aliphatic carbocycles. The Morgan fingerprint density at radius 1 is 1.06 bits per heavy atom. The number of nitrogens with zero attached hydrogens (tertiary/aromatic N) is 3. The quantitative estimate of drug-likeness (QED) is 0.797. The molecule has 1 aliphatic rings. The number of rotatable bonds is 1. The number of pyridine rings is 1. The van der Waals surface area contributed by atoms with Crippen molar-refractivity contribution >= 4 is 29.0 Å². The molecule has 0 saturated heterocycles. The molecule has 2 N–H and O–H groups in total. The summed E-state index contributed by atoms with van der Waals surface area (Å²) in [5.41, 5.74) is 8.25. The molecule has 0 radical (unpaired) electrons. The number of aromatic nitrogens is 1. The molecule has 0 spiro atoms. The number of benzene rings is 1. The Hall–Kier alpha value is -2.20. The fraction of sp³-hybridized carbons (Fsp3) is 0. The first kappa shape index (κ1) is 10.9. The molecule has 3 rings (SSSR count). The number of hydrogen-bond donors (Lipinski definition) is 1. The van der Waals surface area contributed by atoms with Gasteiger partial charge in [0.05, 0.1) is 0 Å². The van der Waals surface area contributed by atoms with E-state index in [0.717, 1.165) is 11.1 Å². The third-order valence-electron chi connectivity index (χ3n) is 2.64. The first-order chi connectivity index (χ1) is 8.75. The predicted molar refractivity (Wildman–Crippen MR) is 72.6 cm³/mol. The van der Waals surface area contributed by atoms with Crippen LogP contribution in [0.25, 0.3) is 0 Å². The average molecular weight is 257 g/mol. The van der Waals surface area contributed by atoms with Crippen molar-refractivity contribution in [3.8, 4) is 0 Å². The van der Waals surface area contributed by atoms with Crippen molar-refractivity contribution in [1.29, 1.82) is 0 Å². The van der Waals surface area contributed by atoms with E-state index in [2.05, 4.69) is 15.0 Å². The lowest BCUT2D eigenvalue weighted by molar-refractivity contribution is 1.30. The van der Waals surface area contributed by atoms with Crippen molar-refractivity contribution in [1.82, 2.24) is 4.98 Å². The van der Waals surface area contributed by atoms with Crippen LogP contribution in [0.4, 0.5) is 5.69 Å². The van der Waals surface area contributed by atoms with Gasteiger partial charge in [-0.15, -0.1) is 0 Å². The number of nitrogens with two attached hydrogens (primary N) is 1. The molecule has 0 unspecified atom stereocenters. The van der Waals surface area contributed by atoms with Crippen molar-refractivity contribution in [3.05, 3.63) is 58.9 Å². The van der Waals surface area contributed by atoms with E-state index in [1.807, 2.05) is 24.3 Å². The molecule has 18 heavy (non-hydrogen) atoms. The van der Waals surface area contributed by atoms with E-state index in [0.29, 0.717) is 22.5 Å². The molecule has 2 aromatic rings. The van der Waals surface area contributed by atoms with E-state index in [1.54, 1.807) is 18.3 Å². The lowest BCUT2D eigenvalue weighted by atomic mass is 10.1. The van der Waals surface area contributed by atoms with Gasteiger partial charge in [-0.25, -0.2) is 15.0 Å². The van der Waals surface area contributed by atoms with Gasteiger partial charge in [-0.2, -0.15) is 0 Å². The van der Waals surface area contributed by atoms with E-state index >= 15 is 0 Å². The molecule has 1 aromatic carbocycles. The molecule has 2 heterocycles. The van der Waals surface area contributed by atoms with Crippen LogP contribution in [0, 0.1) is 0 Å². The molecule has 5 heteroatoms. The fourth-order valence-electron chi connectivity index (χ4n) is 1.80. The summed E-state index contributed by atoms with van der Waals surface area (Å²) in [6.07, 6.45) is 1.62. The Kier molecular flexibility index (Phi) is 2.57. The van der Waals surface area contributed by atoms with Crippen LogP contribution >= 0.6 is 11.6 Å². The summed E-state index contributed by atoms with van der Waals surface area (Å²) in [7, 11) is 0. The molecule has 1 aromatic heterocycles. The zero-order chi connectivity index (χ0) is 12.5. The van der Waals surface area contributed by atoms with E-state index in [9.17, 15) is 0 Å². The van der Waals surface area contributed by atoms with Crippen LogP contribution in [-0.2, 0) is 0 Å². The molecule has 0 amide bonds. The first-order valence-corrected chi connectivity index (χ1v) is 5.76. The van der Waals surface area contributed by atoms with Crippen molar-refractivity contribution in [2.24, 2.45) is 15.7 Å². The molecule has 0 saturated carbocycles. The summed E-state index contributed by atoms with van der Waals surface area (Å²) >= 11 is 5.97. The molecule has 1 aliphatic heterocycles. The molecule has 4 nitrogen and oxygen atoms in total. The van der Waals surface area contributed by atoms with Gasteiger partial charge >= 0.3 is 0 Å². The minimum atomic E-state index is 0.350. The minimum absolute atomic E-state index is 0.350. The molecule has 88 valence electrons. The lowest BCUT2D eigenvalue weighted by Crippen LogP contribution is -2.09. The molecular formula is C13H9ClN4. The Labute approximate surface area is 109 Å². The number of hydrogen-bond acceptors (Lipinski definition) is 3. The summed E-state index contributed by atoms with van der Waals surface area (Å²) in [6.45, 7) is 0. The largest absolute Gasteiger partial charge is 0.383 e. The van der Waals surface area contributed by atoms with Gasteiger partial charge in [0, 0.05) is 17.3 Å². The van der Waals surface area contributed by atoms with Gasteiger partial charge in [0.2, 0.25) is 0 Å². The first-order valence-electron chi connectivity index (χ1n) is 5.39. The van der Waals surface area contributed by atoms with Gasteiger partial charge in [-0.1, -0.05) is 35.9 Å². The third-order valence-corrected chi connectivity index (χ3v) is 2.93. The highest BCUT2D eigenvalue weighted by Crippen LogP contribution is 2.25. The van der Waals surface area contributed by atoms with Crippen LogP contribution in [0.1, 0.15) is 11.1 Å². The highest BCUT2D eigenvalue weighted by molar-refractivity contribution is 6.32. The van der Waals surface area contributed by atoms with Gasteiger partial charge in [-0.05, 0) is 12.1 Å². The van der Waals surface area contributed by atoms with Crippen molar-refractivity contribution in [3.63, 3.8) is 0 Å². The van der Waals surface area contributed by atoms with E-state index in [-0.39, 0.29) is 0 Å². The fourth-order valence-corrected chi connectivity index (χ4v) is 1.96. The summed E-state index contributed by atoms with van der Waals surface area (Å²) in [6, 6.07) is 11.3. The van der Waals surface area contributed by atoms with Gasteiger partial charge < -0.3 is 5.73 Å². The van der Waals surface area contributed by atoms with Crippen molar-refractivity contribution < 1.29 is 0 Å². The number of halogens is 1. The zero-order valence-electron chi connectivity index (χ0n) is 9.34. The standard InChI is InChI=1S/C13H9ClN4/c14-11-10(6-3-7-16-11)17-13-9-5-2-1-4-8(9)12(15)18-13/h1-7H,(H2,15,17,18). The SMILES string of the molecule is NC1=NC(=Nc2cccnc2Cl)c2ccccc21. The predicted octanol–water partition coefficient (Wildman–Crippen LogP) is 2.53. The second-order valence-corrected chi connectivity index (χ2v) is 4.15. The highest BCUT2D eigenvalue weighted by Gasteiger charge is 2.18. The lowest BCUT2D eigenvalue weighted by Gasteiger charge is -1.99. The van der Waals surface area contributed by atoms with E-state index < -0.39 is 0 Å². The second kappa shape index (κ2) is 4.23. The van der Waals surface area contributed by atoms with Gasteiger partial charge in [0.15, 0.2) is 11.0 Å². The maximum absolute atomic E-state index is 5.97. The highest BCUT2D eigenvalue weighted by atomic mass is 35.5. The van der Waals surface area contributed by atoms with E-state index in [1.165, 1.54) is 0 Å². The summed E-state index contributed by atoms with van der Waals surface area (Å²) < 4.78 is 0. The molecule has 0 bridgehead atoms. The van der Waals surface area contributed by atoms with Gasteiger partial charge in [-0.3, -0.25) is 0 Å². The number of amidine groups is 2. The zero-order valence-corrected chi connectivity index (χ0v) is 10.1. The average Bonchev–Trinajstić information content (AvgIpc) is 2.70. The van der Waals surface area contributed by atoms with Gasteiger partial charge in [0.1, 0.15) is 11.5 Å². The van der Waals surface area contributed by atoms with Crippen LogP contribution < -0.4 is 5.73 Å². The maximum atomic E-state index is 5.97. The van der Waals surface area contributed by atoms with E-state index in [4.69, 9.17) is 17.3 Å². The van der Waals surface area contributed by atoms with Gasteiger partial charge in [0.25, 0.3) is 0 Å². The normalized spacial score (nSPS) is 15.6. The Bertz CT molecular complexity index is 676. The molecular weight excluding hydrogens is 248 g/mol. The monoisotopic (exact) mass is 256 g/mol. The summed E-state index contributed by atoms with van der Waals surface area (Å²) in [5, 5.41) is 0.350. The van der Waals surface area contributed by atoms with Crippen LogP contribution in [-0.4, -0.2) is 16.7 Å². The van der Waals surface area contributed by atoms with Crippen molar-refractivity contribution in [2.45, 2.75) is 0 Å². The Morgan fingerprint density at radius 3 is 2.61 bits per heavy atom. The molecule has 0 fully saturated rings.